The zero-order valence-electron chi connectivity index (χ0n) is 10.6. The largest absolute Gasteiger partial charge is 0.341 e. The van der Waals surface area contributed by atoms with Gasteiger partial charge in [0.1, 0.15) is 22.7 Å². The van der Waals surface area contributed by atoms with Gasteiger partial charge in [-0.3, -0.25) is 4.79 Å². The summed E-state index contributed by atoms with van der Waals surface area (Å²) in [6, 6.07) is 3.30. The molecule has 0 atom stereocenters. The van der Waals surface area contributed by atoms with E-state index in [0.29, 0.717) is 21.5 Å². The Labute approximate surface area is 128 Å². The number of carbonyl (C=O) groups is 1. The molecule has 9 heteroatoms. The number of rotatable bonds is 4. The van der Waals surface area contributed by atoms with Gasteiger partial charge in [0.2, 0.25) is 5.91 Å². The quantitative estimate of drug-likeness (QED) is 0.564. The number of hydrogen-bond acceptors (Lipinski definition) is 6. The van der Waals surface area contributed by atoms with Gasteiger partial charge in [0.15, 0.2) is 5.65 Å². The second kappa shape index (κ2) is 6.06. The van der Waals surface area contributed by atoms with Crippen LogP contribution in [0.4, 0.5) is 5.82 Å². The molecule has 3 heterocycles. The molecule has 0 aromatic carbocycles. The average molecular weight is 321 g/mol. The van der Waals surface area contributed by atoms with E-state index in [-0.39, 0.29) is 11.7 Å². The van der Waals surface area contributed by atoms with Crippen molar-refractivity contribution in [1.29, 1.82) is 0 Å². The maximum atomic E-state index is 11.9. The van der Waals surface area contributed by atoms with Gasteiger partial charge in [-0.1, -0.05) is 23.4 Å². The van der Waals surface area contributed by atoms with E-state index in [1.165, 1.54) is 24.3 Å². The summed E-state index contributed by atoms with van der Waals surface area (Å²) in [4.78, 5) is 31.0. The molecule has 3 aromatic heterocycles. The van der Waals surface area contributed by atoms with Crippen LogP contribution in [0.25, 0.3) is 11.2 Å². The summed E-state index contributed by atoms with van der Waals surface area (Å²) < 4.78 is 0. The van der Waals surface area contributed by atoms with Crippen molar-refractivity contribution >= 4 is 46.3 Å². The van der Waals surface area contributed by atoms with Crippen LogP contribution in [0, 0.1) is 0 Å². The number of fused-ring (bicyclic) bond motifs is 1. The molecule has 0 aliphatic carbocycles. The van der Waals surface area contributed by atoms with Crippen molar-refractivity contribution in [3.63, 3.8) is 0 Å². The number of imidazole rings is 1. The monoisotopic (exact) mass is 320 g/mol. The van der Waals surface area contributed by atoms with Crippen LogP contribution >= 0.6 is 23.4 Å². The number of nitrogens with zero attached hydrogens (tertiary/aromatic N) is 4. The van der Waals surface area contributed by atoms with E-state index in [2.05, 4.69) is 30.2 Å². The highest BCUT2D eigenvalue weighted by Crippen LogP contribution is 2.21. The van der Waals surface area contributed by atoms with Gasteiger partial charge in [0, 0.05) is 6.20 Å². The number of amides is 1. The van der Waals surface area contributed by atoms with Crippen LogP contribution in [0.3, 0.4) is 0 Å². The third kappa shape index (κ3) is 3.29. The lowest BCUT2D eigenvalue weighted by atomic mass is 10.4. The zero-order chi connectivity index (χ0) is 14.7. The third-order valence-electron chi connectivity index (χ3n) is 2.52. The Morgan fingerprint density at radius 3 is 3.00 bits per heavy atom. The highest BCUT2D eigenvalue weighted by Gasteiger charge is 2.09. The lowest BCUT2D eigenvalue weighted by Gasteiger charge is -2.04. The minimum atomic E-state index is -0.180. The molecule has 0 unspecified atom stereocenters. The van der Waals surface area contributed by atoms with Gasteiger partial charge in [-0.15, -0.1) is 0 Å². The van der Waals surface area contributed by atoms with Crippen LogP contribution in [0.5, 0.6) is 0 Å². The first-order valence-electron chi connectivity index (χ1n) is 5.90. The smallest absolute Gasteiger partial charge is 0.235 e. The number of halogens is 1. The molecule has 1 amide bonds. The lowest BCUT2D eigenvalue weighted by Crippen LogP contribution is -2.15. The molecule has 106 valence electrons. The van der Waals surface area contributed by atoms with Crippen LogP contribution in [0.15, 0.2) is 36.0 Å². The molecular formula is C12H9ClN6OS. The van der Waals surface area contributed by atoms with Gasteiger partial charge in [-0.25, -0.2) is 19.9 Å². The number of anilines is 1. The average Bonchev–Trinajstić information content (AvgIpc) is 2.96. The number of pyridine rings is 1. The normalized spacial score (nSPS) is 10.7. The summed E-state index contributed by atoms with van der Waals surface area (Å²) in [6.07, 6.45) is 4.44. The standard InChI is InChI=1S/C12H9ClN6OS/c13-7-1-2-8(14-3-7)19-9(20)4-21-12-10-11(16-5-15-10)17-6-18-12/h1-3,5-6H,4H2,(H,14,19,20)(H,15,16,17,18). The molecule has 7 nitrogen and oxygen atoms in total. The number of nitrogens with one attached hydrogen (secondary N) is 2. The second-order valence-electron chi connectivity index (χ2n) is 3.98. The SMILES string of the molecule is O=C(CSc1ncnc2nc[nH]c12)Nc1ccc(Cl)cn1. The van der Waals surface area contributed by atoms with E-state index >= 15 is 0 Å². The van der Waals surface area contributed by atoms with Gasteiger partial charge in [0.05, 0.1) is 17.1 Å². The Bertz CT molecular complexity index is 775. The molecule has 0 radical (unpaired) electrons. The maximum Gasteiger partial charge on any atom is 0.235 e. The molecule has 0 fully saturated rings. The molecule has 21 heavy (non-hydrogen) atoms. The fourth-order valence-electron chi connectivity index (χ4n) is 1.61. The molecule has 0 saturated heterocycles. The summed E-state index contributed by atoms with van der Waals surface area (Å²) >= 11 is 7.03. The van der Waals surface area contributed by atoms with Crippen molar-refractivity contribution in [3.8, 4) is 0 Å². The first kappa shape index (κ1) is 13.8. The molecule has 0 spiro atoms. The minimum absolute atomic E-state index is 0.180. The van der Waals surface area contributed by atoms with Gasteiger partial charge < -0.3 is 10.3 Å². The number of aromatic nitrogens is 5. The second-order valence-corrected chi connectivity index (χ2v) is 5.38. The van der Waals surface area contributed by atoms with Crippen LogP contribution in [-0.2, 0) is 4.79 Å². The molecule has 3 rings (SSSR count). The highest BCUT2D eigenvalue weighted by atomic mass is 35.5. The lowest BCUT2D eigenvalue weighted by molar-refractivity contribution is -0.113. The summed E-state index contributed by atoms with van der Waals surface area (Å²) in [6.45, 7) is 0. The first-order chi connectivity index (χ1) is 10.2. The third-order valence-corrected chi connectivity index (χ3v) is 3.74. The van der Waals surface area contributed by atoms with Crippen molar-refractivity contribution in [2.75, 3.05) is 11.1 Å². The van der Waals surface area contributed by atoms with Crippen LogP contribution in [0.2, 0.25) is 5.02 Å². The molecule has 2 N–H and O–H groups in total. The molecule has 0 aliphatic rings. The maximum absolute atomic E-state index is 11.9. The predicted octanol–water partition coefficient (Wildman–Crippen LogP) is 2.13. The van der Waals surface area contributed by atoms with Crippen molar-refractivity contribution in [3.05, 3.63) is 36.0 Å². The summed E-state index contributed by atoms with van der Waals surface area (Å²) in [5, 5.41) is 3.88. The summed E-state index contributed by atoms with van der Waals surface area (Å²) in [7, 11) is 0. The molecule has 0 aliphatic heterocycles. The van der Waals surface area contributed by atoms with Gasteiger partial charge in [-0.2, -0.15) is 0 Å². The number of aromatic amines is 1. The van der Waals surface area contributed by atoms with E-state index in [1.807, 2.05) is 0 Å². The Morgan fingerprint density at radius 1 is 1.29 bits per heavy atom. The van der Waals surface area contributed by atoms with E-state index < -0.39 is 0 Å². The fraction of sp³-hybridized carbons (Fsp3) is 0.0833. The van der Waals surface area contributed by atoms with Crippen molar-refractivity contribution in [2.24, 2.45) is 0 Å². The Kier molecular flexibility index (Phi) is 3.98. The van der Waals surface area contributed by atoms with Crippen LogP contribution in [-0.4, -0.2) is 36.6 Å². The Hall–Kier alpha value is -2.19. The van der Waals surface area contributed by atoms with E-state index in [9.17, 15) is 4.79 Å². The molecule has 3 aromatic rings. The van der Waals surface area contributed by atoms with Crippen LogP contribution in [0.1, 0.15) is 0 Å². The highest BCUT2D eigenvalue weighted by molar-refractivity contribution is 8.00. The number of thioether (sulfide) groups is 1. The van der Waals surface area contributed by atoms with Gasteiger partial charge in [-0.05, 0) is 12.1 Å². The van der Waals surface area contributed by atoms with Crippen molar-refractivity contribution in [1.82, 2.24) is 24.9 Å². The first-order valence-corrected chi connectivity index (χ1v) is 7.27. The van der Waals surface area contributed by atoms with E-state index in [1.54, 1.807) is 18.5 Å². The Balaban J connectivity index is 1.63. The van der Waals surface area contributed by atoms with Crippen molar-refractivity contribution < 1.29 is 4.79 Å². The minimum Gasteiger partial charge on any atom is -0.341 e. The fourth-order valence-corrected chi connectivity index (χ4v) is 2.48. The van der Waals surface area contributed by atoms with E-state index in [4.69, 9.17) is 11.6 Å². The number of hydrogen-bond donors (Lipinski definition) is 2. The summed E-state index contributed by atoms with van der Waals surface area (Å²) in [5.74, 6) is 0.482. The molecule has 0 saturated carbocycles. The van der Waals surface area contributed by atoms with E-state index in [0.717, 1.165) is 5.52 Å². The molecular weight excluding hydrogens is 312 g/mol. The van der Waals surface area contributed by atoms with Crippen molar-refractivity contribution in [2.45, 2.75) is 5.03 Å². The molecule has 0 bridgehead atoms. The Morgan fingerprint density at radius 2 is 2.19 bits per heavy atom. The van der Waals surface area contributed by atoms with Gasteiger partial charge in [0.25, 0.3) is 0 Å². The van der Waals surface area contributed by atoms with Gasteiger partial charge >= 0.3 is 0 Å². The number of H-pyrrole nitrogens is 1. The van der Waals surface area contributed by atoms with Crippen LogP contribution < -0.4 is 5.32 Å². The summed E-state index contributed by atoms with van der Waals surface area (Å²) in [5.41, 5.74) is 1.30. The number of carbonyl (C=O) groups excluding carboxylic acids is 1. The zero-order valence-corrected chi connectivity index (χ0v) is 12.1. The topological polar surface area (TPSA) is 96.5 Å². The predicted molar refractivity (Wildman–Crippen MR) is 80.3 cm³/mol.